The van der Waals surface area contributed by atoms with Gasteiger partial charge in [-0.1, -0.05) is 35.4 Å². The Morgan fingerprint density at radius 1 is 1.00 bits per heavy atom. The molecule has 2 aliphatic rings. The molecule has 26 heavy (non-hydrogen) atoms. The van der Waals surface area contributed by atoms with Crippen molar-refractivity contribution in [3.05, 3.63) is 59.2 Å². The van der Waals surface area contributed by atoms with E-state index in [0.29, 0.717) is 0 Å². The molecule has 2 aromatic rings. The first kappa shape index (κ1) is 17.1. The van der Waals surface area contributed by atoms with Crippen molar-refractivity contribution in [2.24, 2.45) is 0 Å². The van der Waals surface area contributed by atoms with Crippen LogP contribution in [0.2, 0.25) is 0 Å². The lowest BCUT2D eigenvalue weighted by Crippen LogP contribution is -2.45. The average molecular weight is 349 g/mol. The number of urea groups is 1. The van der Waals surface area contributed by atoms with Crippen LogP contribution in [-0.2, 0) is 5.41 Å². The second kappa shape index (κ2) is 6.44. The molecule has 4 rings (SSSR count). The largest absolute Gasteiger partial charge is 0.326 e. The van der Waals surface area contributed by atoms with E-state index < -0.39 is 0 Å². The molecular weight excluding hydrogens is 322 g/mol. The predicted octanol–water partition coefficient (Wildman–Crippen LogP) is 4.32. The first-order valence-electron chi connectivity index (χ1n) is 9.42. The first-order valence-corrected chi connectivity index (χ1v) is 9.42. The molecule has 1 N–H and O–H groups in total. The van der Waals surface area contributed by atoms with E-state index in [2.05, 4.69) is 49.3 Å². The molecule has 1 spiro atoms. The van der Waals surface area contributed by atoms with E-state index in [-0.39, 0.29) is 11.4 Å². The van der Waals surface area contributed by atoms with E-state index in [0.717, 1.165) is 43.9 Å². The van der Waals surface area contributed by atoms with Gasteiger partial charge in [0.25, 0.3) is 0 Å². The number of aryl methyl sites for hydroxylation is 2. The molecule has 0 bridgehead atoms. The molecule has 136 valence electrons. The number of likely N-dealkylation sites (tertiary alicyclic amines) is 1. The number of hydrogen-bond donors (Lipinski definition) is 1. The van der Waals surface area contributed by atoms with Crippen LogP contribution in [0.1, 0.15) is 29.5 Å². The van der Waals surface area contributed by atoms with Crippen molar-refractivity contribution in [2.45, 2.75) is 32.1 Å². The minimum atomic E-state index is -0.0326. The molecule has 4 heteroatoms. The number of carbonyl (C=O) groups excluding carboxylic acids is 1. The standard InChI is InChI=1S/C22H27N3O/c1-16-4-7-18(8-5-16)23-21(26)25-15-22(10-12-24(3)13-11-22)19-14-17(2)6-9-20(19)25/h4-9,14H,10-13,15H2,1-3H3,(H,23,26). The van der Waals surface area contributed by atoms with Gasteiger partial charge in [0.05, 0.1) is 0 Å². The summed E-state index contributed by atoms with van der Waals surface area (Å²) < 4.78 is 0. The van der Waals surface area contributed by atoms with Crippen molar-refractivity contribution < 1.29 is 4.79 Å². The molecule has 2 aliphatic heterocycles. The summed E-state index contributed by atoms with van der Waals surface area (Å²) in [6.45, 7) is 7.13. The molecule has 0 aliphatic carbocycles. The third kappa shape index (κ3) is 2.99. The molecule has 0 unspecified atom stereocenters. The van der Waals surface area contributed by atoms with Gasteiger partial charge in [-0.15, -0.1) is 0 Å². The Hall–Kier alpha value is -2.33. The Balaban J connectivity index is 1.63. The van der Waals surface area contributed by atoms with Crippen LogP contribution in [0.5, 0.6) is 0 Å². The molecule has 1 fully saturated rings. The van der Waals surface area contributed by atoms with Gasteiger partial charge in [-0.05, 0) is 70.6 Å². The predicted molar refractivity (Wildman–Crippen MR) is 107 cm³/mol. The van der Waals surface area contributed by atoms with Gasteiger partial charge in [-0.3, -0.25) is 4.90 Å². The zero-order chi connectivity index (χ0) is 18.3. The second-order valence-electron chi connectivity index (χ2n) is 7.99. The minimum Gasteiger partial charge on any atom is -0.308 e. The topological polar surface area (TPSA) is 35.6 Å². The number of benzene rings is 2. The third-order valence-corrected chi connectivity index (χ3v) is 5.97. The van der Waals surface area contributed by atoms with Crippen molar-refractivity contribution in [3.8, 4) is 0 Å². The molecule has 0 radical (unpaired) electrons. The fourth-order valence-electron chi connectivity index (χ4n) is 4.27. The van der Waals surface area contributed by atoms with Crippen LogP contribution in [0.15, 0.2) is 42.5 Å². The van der Waals surface area contributed by atoms with Crippen LogP contribution in [0.25, 0.3) is 0 Å². The van der Waals surface area contributed by atoms with Gasteiger partial charge in [0.15, 0.2) is 0 Å². The van der Waals surface area contributed by atoms with Gasteiger partial charge in [0.1, 0.15) is 0 Å². The normalized spacial score (nSPS) is 18.8. The van der Waals surface area contributed by atoms with E-state index in [1.165, 1.54) is 16.7 Å². The quantitative estimate of drug-likeness (QED) is 0.832. The summed E-state index contributed by atoms with van der Waals surface area (Å²) >= 11 is 0. The maximum Gasteiger partial charge on any atom is 0.326 e. The highest BCUT2D eigenvalue weighted by molar-refractivity contribution is 6.03. The SMILES string of the molecule is Cc1ccc(NC(=O)N2CC3(CCN(C)CC3)c3cc(C)ccc32)cc1. The van der Waals surface area contributed by atoms with Crippen LogP contribution in [-0.4, -0.2) is 37.6 Å². The van der Waals surface area contributed by atoms with E-state index in [1.54, 1.807) is 0 Å². The molecule has 0 saturated carbocycles. The Bertz CT molecular complexity index is 820. The number of piperidine rings is 1. The van der Waals surface area contributed by atoms with Gasteiger partial charge in [0.2, 0.25) is 0 Å². The monoisotopic (exact) mass is 349 g/mol. The first-order chi connectivity index (χ1) is 12.5. The van der Waals surface area contributed by atoms with Crippen molar-refractivity contribution in [3.63, 3.8) is 0 Å². The zero-order valence-corrected chi connectivity index (χ0v) is 15.9. The van der Waals surface area contributed by atoms with Crippen molar-refractivity contribution in [2.75, 3.05) is 36.9 Å². The second-order valence-corrected chi connectivity index (χ2v) is 7.99. The molecule has 0 aromatic heterocycles. The minimum absolute atomic E-state index is 0.0326. The van der Waals surface area contributed by atoms with E-state index >= 15 is 0 Å². The summed E-state index contributed by atoms with van der Waals surface area (Å²) in [6.07, 6.45) is 2.21. The van der Waals surface area contributed by atoms with Crippen LogP contribution in [0, 0.1) is 13.8 Å². The fraction of sp³-hybridized carbons (Fsp3) is 0.409. The molecule has 4 nitrogen and oxygen atoms in total. The maximum absolute atomic E-state index is 13.0. The van der Waals surface area contributed by atoms with Crippen LogP contribution in [0.4, 0.5) is 16.2 Å². The van der Waals surface area contributed by atoms with Gasteiger partial charge in [0, 0.05) is 23.3 Å². The number of anilines is 2. The lowest BCUT2D eigenvalue weighted by atomic mass is 9.74. The van der Waals surface area contributed by atoms with Crippen LogP contribution in [0.3, 0.4) is 0 Å². The van der Waals surface area contributed by atoms with Crippen LogP contribution < -0.4 is 10.2 Å². The summed E-state index contributed by atoms with van der Waals surface area (Å²) in [5, 5.41) is 3.07. The summed E-state index contributed by atoms with van der Waals surface area (Å²) in [6, 6.07) is 14.5. The lowest BCUT2D eigenvalue weighted by Gasteiger charge is -2.38. The van der Waals surface area contributed by atoms with Crippen molar-refractivity contribution >= 4 is 17.4 Å². The molecule has 1 saturated heterocycles. The van der Waals surface area contributed by atoms with Gasteiger partial charge >= 0.3 is 6.03 Å². The number of nitrogens with zero attached hydrogens (tertiary/aromatic N) is 2. The number of carbonyl (C=O) groups is 1. The average Bonchev–Trinajstić information content (AvgIpc) is 2.94. The highest BCUT2D eigenvalue weighted by Crippen LogP contribution is 2.47. The Morgan fingerprint density at radius 2 is 1.65 bits per heavy atom. The van der Waals surface area contributed by atoms with Gasteiger partial charge in [-0.25, -0.2) is 4.79 Å². The summed E-state index contributed by atoms with van der Waals surface area (Å²) in [5.41, 5.74) is 5.82. The van der Waals surface area contributed by atoms with E-state index in [4.69, 9.17) is 0 Å². The van der Waals surface area contributed by atoms with Gasteiger partial charge in [-0.2, -0.15) is 0 Å². The molecule has 2 heterocycles. The zero-order valence-electron chi connectivity index (χ0n) is 15.9. The molecule has 0 atom stereocenters. The maximum atomic E-state index is 13.0. The third-order valence-electron chi connectivity index (χ3n) is 5.97. The van der Waals surface area contributed by atoms with E-state index in [9.17, 15) is 4.79 Å². The summed E-state index contributed by atoms with van der Waals surface area (Å²) in [5.74, 6) is 0. The van der Waals surface area contributed by atoms with Crippen molar-refractivity contribution in [1.29, 1.82) is 0 Å². The Labute approximate surface area is 155 Å². The highest BCUT2D eigenvalue weighted by Gasteiger charge is 2.46. The smallest absolute Gasteiger partial charge is 0.308 e. The van der Waals surface area contributed by atoms with Crippen LogP contribution >= 0.6 is 0 Å². The molecule has 2 amide bonds. The highest BCUT2D eigenvalue weighted by atomic mass is 16.2. The molecular formula is C22H27N3O. The summed E-state index contributed by atoms with van der Waals surface area (Å²) in [7, 11) is 2.18. The van der Waals surface area contributed by atoms with E-state index in [1.807, 2.05) is 29.2 Å². The Kier molecular flexibility index (Phi) is 4.23. The number of nitrogens with one attached hydrogen (secondary N) is 1. The molecule has 2 aromatic carbocycles. The number of fused-ring (bicyclic) bond motifs is 2. The van der Waals surface area contributed by atoms with Gasteiger partial charge < -0.3 is 10.2 Å². The van der Waals surface area contributed by atoms with Crippen molar-refractivity contribution in [1.82, 2.24) is 4.90 Å². The Morgan fingerprint density at radius 3 is 2.35 bits per heavy atom. The number of amides is 2. The fourth-order valence-corrected chi connectivity index (χ4v) is 4.27. The summed E-state index contributed by atoms with van der Waals surface area (Å²) in [4.78, 5) is 17.4. The lowest BCUT2D eigenvalue weighted by molar-refractivity contribution is 0.196. The number of hydrogen-bond acceptors (Lipinski definition) is 2. The number of rotatable bonds is 1.